The lowest BCUT2D eigenvalue weighted by atomic mass is 10.1. The van der Waals surface area contributed by atoms with Gasteiger partial charge >= 0.3 is 0 Å². The van der Waals surface area contributed by atoms with Crippen LogP contribution in [0.1, 0.15) is 31.2 Å². The minimum atomic E-state index is 0.127. The second kappa shape index (κ2) is 5.13. The van der Waals surface area contributed by atoms with Gasteiger partial charge in [0.2, 0.25) is 11.8 Å². The maximum absolute atomic E-state index is 12.5. The van der Waals surface area contributed by atoms with Gasteiger partial charge in [0.15, 0.2) is 0 Å². The smallest absolute Gasteiger partial charge is 0.227 e. The Morgan fingerprint density at radius 3 is 2.86 bits per heavy atom. The van der Waals surface area contributed by atoms with Crippen molar-refractivity contribution >= 4 is 23.2 Å². The van der Waals surface area contributed by atoms with Gasteiger partial charge in [-0.2, -0.15) is 11.3 Å². The van der Waals surface area contributed by atoms with Crippen LogP contribution in [-0.2, 0) is 16.0 Å². The summed E-state index contributed by atoms with van der Waals surface area (Å²) >= 11 is 1.63. The van der Waals surface area contributed by atoms with Crippen molar-refractivity contribution in [2.24, 2.45) is 5.92 Å². The standard InChI is InChI=1S/C16H20N2O2S/c19-15(7-12-4-6-21-10-12)17-5-3-13-14(17)8-16(20)18(13)9-11-1-2-11/h4,6,10-11,13-14H,1-3,5,7-9H2/t13-,14+/m1/s1. The summed E-state index contributed by atoms with van der Waals surface area (Å²) in [6.45, 7) is 1.74. The molecule has 3 aliphatic rings. The van der Waals surface area contributed by atoms with E-state index in [9.17, 15) is 9.59 Å². The summed E-state index contributed by atoms with van der Waals surface area (Å²) in [5.41, 5.74) is 1.09. The maximum atomic E-state index is 12.5. The third-order valence-electron chi connectivity index (χ3n) is 5.02. The molecule has 3 heterocycles. The normalized spacial score (nSPS) is 28.3. The molecule has 21 heavy (non-hydrogen) atoms. The van der Waals surface area contributed by atoms with Crippen LogP contribution in [0.4, 0.5) is 0 Å². The number of rotatable bonds is 4. The first-order valence-corrected chi connectivity index (χ1v) is 8.76. The molecule has 2 amide bonds. The number of carbonyl (C=O) groups excluding carboxylic acids is 2. The molecule has 0 spiro atoms. The van der Waals surface area contributed by atoms with Crippen molar-refractivity contribution in [2.45, 2.75) is 44.2 Å². The third-order valence-corrected chi connectivity index (χ3v) is 5.75. The number of likely N-dealkylation sites (tertiary alicyclic amines) is 2. The largest absolute Gasteiger partial charge is 0.337 e. The van der Waals surface area contributed by atoms with Gasteiger partial charge in [0.25, 0.3) is 0 Å². The van der Waals surface area contributed by atoms with Crippen molar-refractivity contribution in [3.05, 3.63) is 22.4 Å². The van der Waals surface area contributed by atoms with Gasteiger partial charge in [-0.05, 0) is 47.6 Å². The summed E-state index contributed by atoms with van der Waals surface area (Å²) in [6.07, 6.45) is 4.50. The molecule has 1 aromatic heterocycles. The topological polar surface area (TPSA) is 40.6 Å². The maximum Gasteiger partial charge on any atom is 0.227 e. The highest BCUT2D eigenvalue weighted by atomic mass is 32.1. The molecule has 0 radical (unpaired) electrons. The zero-order valence-electron chi connectivity index (χ0n) is 12.0. The van der Waals surface area contributed by atoms with Crippen LogP contribution in [-0.4, -0.2) is 46.8 Å². The Morgan fingerprint density at radius 2 is 2.14 bits per heavy atom. The van der Waals surface area contributed by atoms with Crippen LogP contribution in [0.3, 0.4) is 0 Å². The predicted molar refractivity (Wildman–Crippen MR) is 81.0 cm³/mol. The number of thiophene rings is 1. The first-order chi connectivity index (χ1) is 10.2. The molecule has 2 aliphatic heterocycles. The van der Waals surface area contributed by atoms with Gasteiger partial charge in [-0.15, -0.1) is 0 Å². The highest BCUT2D eigenvalue weighted by Crippen LogP contribution is 2.37. The summed E-state index contributed by atoms with van der Waals surface area (Å²) in [4.78, 5) is 28.8. The lowest BCUT2D eigenvalue weighted by Crippen LogP contribution is -2.41. The van der Waals surface area contributed by atoms with Gasteiger partial charge in [0.05, 0.1) is 18.5 Å². The van der Waals surface area contributed by atoms with Gasteiger partial charge in [-0.25, -0.2) is 0 Å². The zero-order valence-corrected chi connectivity index (χ0v) is 12.8. The molecule has 0 bridgehead atoms. The fourth-order valence-electron chi connectivity index (χ4n) is 3.72. The Morgan fingerprint density at radius 1 is 1.29 bits per heavy atom. The van der Waals surface area contributed by atoms with Crippen LogP contribution < -0.4 is 0 Å². The van der Waals surface area contributed by atoms with Gasteiger partial charge in [-0.1, -0.05) is 0 Å². The van der Waals surface area contributed by atoms with E-state index in [2.05, 4.69) is 4.90 Å². The lowest BCUT2D eigenvalue weighted by Gasteiger charge is -2.25. The molecule has 0 unspecified atom stereocenters. The van der Waals surface area contributed by atoms with E-state index in [1.54, 1.807) is 11.3 Å². The highest BCUT2D eigenvalue weighted by Gasteiger charge is 2.49. The van der Waals surface area contributed by atoms with E-state index >= 15 is 0 Å². The highest BCUT2D eigenvalue weighted by molar-refractivity contribution is 7.08. The second-order valence-electron chi connectivity index (χ2n) is 6.51. The first-order valence-electron chi connectivity index (χ1n) is 7.82. The molecule has 2 atom stereocenters. The number of fused-ring (bicyclic) bond motifs is 1. The summed E-state index contributed by atoms with van der Waals surface area (Å²) in [5, 5.41) is 4.04. The molecule has 1 aliphatic carbocycles. The summed E-state index contributed by atoms with van der Waals surface area (Å²) < 4.78 is 0. The third kappa shape index (κ3) is 2.48. The van der Waals surface area contributed by atoms with Crippen LogP contribution in [0.25, 0.3) is 0 Å². The van der Waals surface area contributed by atoms with Crippen molar-refractivity contribution in [3.8, 4) is 0 Å². The van der Waals surface area contributed by atoms with Crippen molar-refractivity contribution in [2.75, 3.05) is 13.1 Å². The van der Waals surface area contributed by atoms with E-state index < -0.39 is 0 Å². The Labute approximate surface area is 128 Å². The van der Waals surface area contributed by atoms with E-state index in [0.717, 1.165) is 31.0 Å². The number of nitrogens with zero attached hydrogens (tertiary/aromatic N) is 2. The quantitative estimate of drug-likeness (QED) is 0.852. The molecule has 1 saturated carbocycles. The van der Waals surface area contributed by atoms with Crippen molar-refractivity contribution in [3.63, 3.8) is 0 Å². The van der Waals surface area contributed by atoms with E-state index in [-0.39, 0.29) is 23.9 Å². The Bertz CT molecular complexity index is 553. The van der Waals surface area contributed by atoms with Gasteiger partial charge in [0, 0.05) is 19.5 Å². The summed E-state index contributed by atoms with van der Waals surface area (Å²) in [7, 11) is 0. The van der Waals surface area contributed by atoms with Crippen molar-refractivity contribution < 1.29 is 9.59 Å². The molecular weight excluding hydrogens is 284 g/mol. The van der Waals surface area contributed by atoms with Gasteiger partial charge < -0.3 is 9.80 Å². The van der Waals surface area contributed by atoms with Gasteiger partial charge in [0.1, 0.15) is 0 Å². The first kappa shape index (κ1) is 13.3. The monoisotopic (exact) mass is 304 g/mol. The molecule has 1 aromatic rings. The van der Waals surface area contributed by atoms with Crippen molar-refractivity contribution in [1.29, 1.82) is 0 Å². The minimum Gasteiger partial charge on any atom is -0.337 e. The SMILES string of the molecule is O=C1C[C@H]2[C@@H](CCN2C(=O)Cc2ccsc2)N1CC1CC1. The average molecular weight is 304 g/mol. The van der Waals surface area contributed by atoms with E-state index in [1.165, 1.54) is 12.8 Å². The molecule has 5 heteroatoms. The Balaban J connectivity index is 1.44. The van der Waals surface area contributed by atoms with Gasteiger partial charge in [-0.3, -0.25) is 9.59 Å². The number of carbonyl (C=O) groups is 2. The van der Waals surface area contributed by atoms with E-state index in [4.69, 9.17) is 0 Å². The molecule has 4 rings (SSSR count). The molecule has 112 valence electrons. The number of hydrogen-bond acceptors (Lipinski definition) is 3. The summed E-state index contributed by atoms with van der Waals surface area (Å²) in [6, 6.07) is 2.42. The fraction of sp³-hybridized carbons (Fsp3) is 0.625. The average Bonchev–Trinajstić information content (AvgIpc) is 2.84. The van der Waals surface area contributed by atoms with Crippen LogP contribution in [0.15, 0.2) is 16.8 Å². The Hall–Kier alpha value is -1.36. The van der Waals surface area contributed by atoms with Crippen LogP contribution in [0, 0.1) is 5.92 Å². The fourth-order valence-corrected chi connectivity index (χ4v) is 4.39. The van der Waals surface area contributed by atoms with Crippen LogP contribution in [0.2, 0.25) is 0 Å². The molecule has 0 aromatic carbocycles. The Kier molecular flexibility index (Phi) is 3.25. The summed E-state index contributed by atoms with van der Waals surface area (Å²) in [5.74, 6) is 1.16. The predicted octanol–water partition coefficient (Wildman–Crippen LogP) is 1.90. The second-order valence-corrected chi connectivity index (χ2v) is 7.29. The molecule has 0 N–H and O–H groups in total. The number of hydrogen-bond donors (Lipinski definition) is 0. The van der Waals surface area contributed by atoms with E-state index in [1.807, 2.05) is 21.7 Å². The zero-order chi connectivity index (χ0) is 14.4. The molecule has 3 fully saturated rings. The molecule has 2 saturated heterocycles. The minimum absolute atomic E-state index is 0.127. The van der Waals surface area contributed by atoms with Crippen LogP contribution in [0.5, 0.6) is 0 Å². The molecule has 4 nitrogen and oxygen atoms in total. The van der Waals surface area contributed by atoms with Crippen LogP contribution >= 0.6 is 11.3 Å². The molecular formula is C16H20N2O2S. The van der Waals surface area contributed by atoms with Crippen molar-refractivity contribution in [1.82, 2.24) is 9.80 Å². The number of amides is 2. The van der Waals surface area contributed by atoms with E-state index in [0.29, 0.717) is 12.8 Å². The lowest BCUT2D eigenvalue weighted by molar-refractivity contribution is -0.131.